The fourth-order valence-corrected chi connectivity index (χ4v) is 2.75. The average molecular weight is 307 g/mol. The lowest BCUT2D eigenvalue weighted by atomic mass is 9.90. The first kappa shape index (κ1) is 16.6. The molecule has 3 N–H and O–H groups in total. The number of benzene rings is 1. The average Bonchev–Trinajstić information content (AvgIpc) is 2.88. The topological polar surface area (TPSA) is 76.8 Å². The van der Waals surface area contributed by atoms with Gasteiger partial charge in [0.25, 0.3) is 0 Å². The minimum absolute atomic E-state index is 0.0338. The van der Waals surface area contributed by atoms with Crippen molar-refractivity contribution < 1.29 is 14.3 Å². The number of hydrogen-bond acceptors (Lipinski definition) is 5. The molecule has 6 heteroatoms. The minimum atomic E-state index is -0.0338. The molecular weight excluding hydrogens is 282 g/mol. The maximum Gasteiger partial charge on any atom is 0.238 e. The maximum absolute atomic E-state index is 12.2. The number of amides is 1. The van der Waals surface area contributed by atoms with E-state index in [0.717, 1.165) is 19.5 Å². The number of methoxy groups -OCH3 is 2. The van der Waals surface area contributed by atoms with Crippen LogP contribution in [0.15, 0.2) is 18.2 Å². The van der Waals surface area contributed by atoms with Gasteiger partial charge in [-0.25, -0.2) is 0 Å². The van der Waals surface area contributed by atoms with E-state index in [4.69, 9.17) is 15.2 Å². The smallest absolute Gasteiger partial charge is 0.238 e. The Bertz CT molecular complexity index is 535. The summed E-state index contributed by atoms with van der Waals surface area (Å²) in [6, 6.07) is 5.33. The van der Waals surface area contributed by atoms with Crippen LogP contribution in [0.4, 0.5) is 5.69 Å². The van der Waals surface area contributed by atoms with Crippen LogP contribution in [0.5, 0.6) is 11.5 Å². The van der Waals surface area contributed by atoms with Gasteiger partial charge >= 0.3 is 0 Å². The molecule has 1 heterocycles. The molecule has 1 unspecified atom stereocenters. The van der Waals surface area contributed by atoms with Gasteiger partial charge in [-0.2, -0.15) is 0 Å². The summed E-state index contributed by atoms with van der Waals surface area (Å²) in [5, 5.41) is 2.89. The molecule has 2 rings (SSSR count). The second-order valence-corrected chi connectivity index (χ2v) is 6.09. The summed E-state index contributed by atoms with van der Waals surface area (Å²) in [5.41, 5.74) is 6.62. The molecule has 6 nitrogen and oxygen atoms in total. The van der Waals surface area contributed by atoms with Crippen LogP contribution in [0.3, 0.4) is 0 Å². The summed E-state index contributed by atoms with van der Waals surface area (Å²) in [6.45, 7) is 4.97. The van der Waals surface area contributed by atoms with Gasteiger partial charge in [0.2, 0.25) is 5.91 Å². The molecule has 0 spiro atoms. The SMILES string of the molecule is COc1ccc(NC(=O)CN2CCC(C)(CN)C2)cc1OC. The largest absolute Gasteiger partial charge is 0.493 e. The number of likely N-dealkylation sites (tertiary alicyclic amines) is 1. The predicted molar refractivity (Wildman–Crippen MR) is 86.4 cm³/mol. The summed E-state index contributed by atoms with van der Waals surface area (Å²) in [7, 11) is 3.15. The van der Waals surface area contributed by atoms with Gasteiger partial charge in [-0.3, -0.25) is 9.69 Å². The van der Waals surface area contributed by atoms with E-state index >= 15 is 0 Å². The third-order valence-corrected chi connectivity index (χ3v) is 4.16. The van der Waals surface area contributed by atoms with Crippen molar-refractivity contribution in [1.82, 2.24) is 4.90 Å². The van der Waals surface area contributed by atoms with Gasteiger partial charge in [0.15, 0.2) is 11.5 Å². The lowest BCUT2D eigenvalue weighted by Crippen LogP contribution is -2.35. The van der Waals surface area contributed by atoms with E-state index in [-0.39, 0.29) is 11.3 Å². The van der Waals surface area contributed by atoms with Crippen molar-refractivity contribution in [3.63, 3.8) is 0 Å². The van der Waals surface area contributed by atoms with Gasteiger partial charge in [-0.15, -0.1) is 0 Å². The van der Waals surface area contributed by atoms with Crippen LogP contribution in [0, 0.1) is 5.41 Å². The summed E-state index contributed by atoms with van der Waals surface area (Å²) in [6.07, 6.45) is 1.03. The number of nitrogens with one attached hydrogen (secondary N) is 1. The Morgan fingerprint density at radius 1 is 1.36 bits per heavy atom. The van der Waals surface area contributed by atoms with E-state index in [9.17, 15) is 4.79 Å². The summed E-state index contributed by atoms with van der Waals surface area (Å²) < 4.78 is 10.4. The highest BCUT2D eigenvalue weighted by Crippen LogP contribution is 2.30. The van der Waals surface area contributed by atoms with Crippen molar-refractivity contribution in [2.75, 3.05) is 45.7 Å². The Morgan fingerprint density at radius 2 is 2.09 bits per heavy atom. The quantitative estimate of drug-likeness (QED) is 0.829. The first-order chi connectivity index (χ1) is 10.5. The lowest BCUT2D eigenvalue weighted by molar-refractivity contribution is -0.117. The first-order valence-electron chi connectivity index (χ1n) is 7.44. The van der Waals surface area contributed by atoms with Crippen molar-refractivity contribution in [2.45, 2.75) is 13.3 Å². The van der Waals surface area contributed by atoms with Crippen molar-refractivity contribution in [3.8, 4) is 11.5 Å². The Kier molecular flexibility index (Phi) is 5.26. The van der Waals surface area contributed by atoms with E-state index in [1.807, 2.05) is 0 Å². The highest BCUT2D eigenvalue weighted by atomic mass is 16.5. The van der Waals surface area contributed by atoms with Gasteiger partial charge in [-0.1, -0.05) is 6.92 Å². The van der Waals surface area contributed by atoms with Crippen LogP contribution >= 0.6 is 0 Å². The Morgan fingerprint density at radius 3 is 2.68 bits per heavy atom. The van der Waals surface area contributed by atoms with Crippen LogP contribution in [0.25, 0.3) is 0 Å². The van der Waals surface area contributed by atoms with Crippen LogP contribution in [-0.4, -0.2) is 51.2 Å². The van der Waals surface area contributed by atoms with Crippen LogP contribution < -0.4 is 20.5 Å². The fourth-order valence-electron chi connectivity index (χ4n) is 2.75. The van der Waals surface area contributed by atoms with Gasteiger partial charge in [-0.05, 0) is 37.1 Å². The molecule has 1 saturated heterocycles. The summed E-state index contributed by atoms with van der Waals surface area (Å²) in [5.74, 6) is 1.20. The molecule has 1 aromatic carbocycles. The van der Waals surface area contributed by atoms with Gasteiger partial charge in [0.05, 0.1) is 20.8 Å². The molecule has 0 saturated carbocycles. The zero-order valence-electron chi connectivity index (χ0n) is 13.5. The highest BCUT2D eigenvalue weighted by molar-refractivity contribution is 5.92. The number of nitrogens with zero attached hydrogens (tertiary/aromatic N) is 1. The highest BCUT2D eigenvalue weighted by Gasteiger charge is 2.33. The van der Waals surface area contributed by atoms with Crippen LogP contribution in [0.2, 0.25) is 0 Å². The molecule has 0 radical (unpaired) electrons. The second-order valence-electron chi connectivity index (χ2n) is 6.09. The molecule has 0 aromatic heterocycles. The molecular formula is C16H25N3O3. The van der Waals surface area contributed by atoms with E-state index in [2.05, 4.69) is 17.1 Å². The van der Waals surface area contributed by atoms with Crippen molar-refractivity contribution in [3.05, 3.63) is 18.2 Å². The second kappa shape index (κ2) is 6.98. The predicted octanol–water partition coefficient (Wildman–Crippen LogP) is 1.31. The molecule has 1 amide bonds. The number of ether oxygens (including phenoxy) is 2. The maximum atomic E-state index is 12.2. The number of nitrogens with two attached hydrogens (primary N) is 1. The van der Waals surface area contributed by atoms with Crippen molar-refractivity contribution >= 4 is 11.6 Å². The number of anilines is 1. The Hall–Kier alpha value is -1.79. The van der Waals surface area contributed by atoms with E-state index in [1.54, 1.807) is 32.4 Å². The number of hydrogen-bond donors (Lipinski definition) is 2. The zero-order valence-corrected chi connectivity index (χ0v) is 13.5. The van der Waals surface area contributed by atoms with Gasteiger partial charge in [0.1, 0.15) is 0 Å². The standard InChI is InChI=1S/C16H25N3O3/c1-16(10-17)6-7-19(11-16)9-15(20)18-12-4-5-13(21-2)14(8-12)22-3/h4-5,8H,6-7,9-11,17H2,1-3H3,(H,18,20). The van der Waals surface area contributed by atoms with E-state index in [1.165, 1.54) is 0 Å². The molecule has 22 heavy (non-hydrogen) atoms. The number of carbonyl (C=O) groups is 1. The lowest BCUT2D eigenvalue weighted by Gasteiger charge is -2.22. The minimum Gasteiger partial charge on any atom is -0.493 e. The zero-order chi connectivity index (χ0) is 16.2. The summed E-state index contributed by atoms with van der Waals surface area (Å²) in [4.78, 5) is 14.3. The molecule has 1 fully saturated rings. The molecule has 1 aliphatic rings. The number of rotatable bonds is 6. The van der Waals surface area contributed by atoms with Gasteiger partial charge in [0, 0.05) is 18.3 Å². The van der Waals surface area contributed by atoms with Crippen molar-refractivity contribution in [1.29, 1.82) is 0 Å². The third kappa shape index (κ3) is 3.90. The third-order valence-electron chi connectivity index (χ3n) is 4.16. The normalized spacial score (nSPS) is 21.6. The molecule has 1 atom stereocenters. The molecule has 1 aliphatic heterocycles. The molecule has 122 valence electrons. The Labute approximate surface area is 131 Å². The molecule has 0 aliphatic carbocycles. The summed E-state index contributed by atoms with van der Waals surface area (Å²) >= 11 is 0. The van der Waals surface area contributed by atoms with Crippen LogP contribution in [0.1, 0.15) is 13.3 Å². The van der Waals surface area contributed by atoms with E-state index in [0.29, 0.717) is 30.3 Å². The van der Waals surface area contributed by atoms with E-state index < -0.39 is 0 Å². The number of carbonyl (C=O) groups excluding carboxylic acids is 1. The fraction of sp³-hybridized carbons (Fsp3) is 0.562. The molecule has 0 bridgehead atoms. The van der Waals surface area contributed by atoms with Gasteiger partial charge < -0.3 is 20.5 Å². The Balaban J connectivity index is 1.93. The monoisotopic (exact) mass is 307 g/mol. The van der Waals surface area contributed by atoms with Crippen molar-refractivity contribution in [2.24, 2.45) is 11.1 Å². The molecule has 1 aromatic rings. The first-order valence-corrected chi connectivity index (χ1v) is 7.44. The van der Waals surface area contributed by atoms with Crippen LogP contribution in [-0.2, 0) is 4.79 Å².